The van der Waals surface area contributed by atoms with Crippen LogP contribution in [0.25, 0.3) is 0 Å². The van der Waals surface area contributed by atoms with Crippen molar-refractivity contribution in [2.24, 2.45) is 16.8 Å². The molecule has 0 aromatic heterocycles. The molecule has 156 valence electrons. The van der Waals surface area contributed by atoms with E-state index in [-0.39, 0.29) is 30.6 Å². The van der Waals surface area contributed by atoms with Crippen molar-refractivity contribution in [1.82, 2.24) is 10.6 Å². The van der Waals surface area contributed by atoms with Crippen molar-refractivity contribution in [1.29, 1.82) is 0 Å². The predicted molar refractivity (Wildman–Crippen MR) is 118 cm³/mol. The summed E-state index contributed by atoms with van der Waals surface area (Å²) in [6, 6.07) is 0. The molecule has 0 bridgehead atoms. The van der Waals surface area contributed by atoms with E-state index in [4.69, 9.17) is 9.47 Å². The third-order valence-electron chi connectivity index (χ3n) is 4.28. The highest BCUT2D eigenvalue weighted by Gasteiger charge is 2.15. The fraction of sp³-hybridized carbons (Fsp3) is 0.947. The van der Waals surface area contributed by atoms with Gasteiger partial charge in [0.1, 0.15) is 0 Å². The first-order chi connectivity index (χ1) is 12.2. The molecule has 1 saturated heterocycles. The highest BCUT2D eigenvalue weighted by Crippen LogP contribution is 2.15. The molecule has 0 spiro atoms. The topological polar surface area (TPSA) is 75.1 Å². The molecule has 1 aliphatic heterocycles. The molecule has 0 amide bonds. The quantitative estimate of drug-likeness (QED) is 0.162. The van der Waals surface area contributed by atoms with Gasteiger partial charge in [-0.1, -0.05) is 13.8 Å². The molecule has 0 aromatic rings. The van der Waals surface area contributed by atoms with Crippen molar-refractivity contribution < 1.29 is 14.6 Å². The zero-order valence-corrected chi connectivity index (χ0v) is 19.2. The van der Waals surface area contributed by atoms with Crippen LogP contribution in [0.5, 0.6) is 0 Å². The second-order valence-electron chi connectivity index (χ2n) is 7.22. The smallest absolute Gasteiger partial charge is 0.191 e. The first-order valence-electron chi connectivity index (χ1n) is 9.98. The van der Waals surface area contributed by atoms with Crippen LogP contribution >= 0.6 is 24.0 Å². The molecule has 3 N–H and O–H groups in total. The first-order valence-corrected chi connectivity index (χ1v) is 9.98. The summed E-state index contributed by atoms with van der Waals surface area (Å²) in [5.41, 5.74) is 0. The van der Waals surface area contributed by atoms with Crippen molar-refractivity contribution in [3.05, 3.63) is 0 Å². The normalized spacial score (nSPS) is 18.7. The molecular weight excluding hydrogens is 445 g/mol. The number of halogens is 1. The summed E-state index contributed by atoms with van der Waals surface area (Å²) in [6.07, 6.45) is 5.45. The van der Waals surface area contributed by atoms with Gasteiger partial charge < -0.3 is 25.2 Å². The standard InChI is InChI=1S/C19H39N3O3.HI/c1-4-20-19(22-14-17(8-10-23)13-16(2)3)21-9-6-11-24-15-18-7-5-12-25-18;/h16-18,23H,4-15H2,1-3H3,(H2,20,21,22);1H. The number of ether oxygens (including phenoxy) is 2. The molecule has 1 fully saturated rings. The third kappa shape index (κ3) is 13.1. The van der Waals surface area contributed by atoms with E-state index in [1.165, 1.54) is 0 Å². The molecular formula is C19H40IN3O3. The van der Waals surface area contributed by atoms with Crippen molar-refractivity contribution in [2.75, 3.05) is 46.1 Å². The Kier molecular flexibility index (Phi) is 16.9. The van der Waals surface area contributed by atoms with Crippen molar-refractivity contribution in [2.45, 2.75) is 59.0 Å². The van der Waals surface area contributed by atoms with Gasteiger partial charge in [-0.15, -0.1) is 24.0 Å². The van der Waals surface area contributed by atoms with Gasteiger partial charge in [-0.05, 0) is 50.9 Å². The maximum atomic E-state index is 9.22. The molecule has 2 atom stereocenters. The van der Waals surface area contributed by atoms with E-state index in [0.29, 0.717) is 24.5 Å². The largest absolute Gasteiger partial charge is 0.396 e. The number of aliphatic imine (C=N–C) groups is 1. The number of aliphatic hydroxyl groups excluding tert-OH is 1. The minimum Gasteiger partial charge on any atom is -0.396 e. The maximum Gasteiger partial charge on any atom is 0.191 e. The summed E-state index contributed by atoms with van der Waals surface area (Å²) in [5, 5.41) is 15.9. The molecule has 2 unspecified atom stereocenters. The van der Waals surface area contributed by atoms with E-state index in [9.17, 15) is 5.11 Å². The monoisotopic (exact) mass is 485 g/mol. The van der Waals surface area contributed by atoms with E-state index in [1.54, 1.807) is 0 Å². The Morgan fingerprint density at radius 2 is 2.15 bits per heavy atom. The highest BCUT2D eigenvalue weighted by atomic mass is 127. The number of hydrogen-bond acceptors (Lipinski definition) is 4. The van der Waals surface area contributed by atoms with Gasteiger partial charge in [0.2, 0.25) is 0 Å². The Morgan fingerprint density at radius 1 is 1.35 bits per heavy atom. The fourth-order valence-electron chi connectivity index (χ4n) is 3.07. The fourth-order valence-corrected chi connectivity index (χ4v) is 3.07. The van der Waals surface area contributed by atoms with Crippen LogP contribution in [-0.2, 0) is 9.47 Å². The second kappa shape index (κ2) is 17.0. The van der Waals surface area contributed by atoms with Crippen LogP contribution in [0.3, 0.4) is 0 Å². The molecule has 1 heterocycles. The summed E-state index contributed by atoms with van der Waals surface area (Å²) in [5.74, 6) is 1.92. The van der Waals surface area contributed by atoms with Crippen LogP contribution in [0.2, 0.25) is 0 Å². The lowest BCUT2D eigenvalue weighted by atomic mass is 9.94. The molecule has 0 saturated carbocycles. The summed E-state index contributed by atoms with van der Waals surface area (Å²) in [7, 11) is 0. The molecule has 0 aliphatic carbocycles. The Bertz CT molecular complexity index is 351. The molecule has 0 radical (unpaired) electrons. The van der Waals surface area contributed by atoms with Crippen molar-refractivity contribution >= 4 is 29.9 Å². The zero-order valence-electron chi connectivity index (χ0n) is 16.8. The van der Waals surface area contributed by atoms with Crippen molar-refractivity contribution in [3.63, 3.8) is 0 Å². The Hall–Kier alpha value is -0.120. The lowest BCUT2D eigenvalue weighted by molar-refractivity contribution is 0.0168. The Balaban J connectivity index is 0.00000625. The van der Waals surface area contributed by atoms with E-state index in [0.717, 1.165) is 70.9 Å². The van der Waals surface area contributed by atoms with Gasteiger partial charge in [0.05, 0.1) is 12.7 Å². The SMILES string of the molecule is CCNC(=NCC(CCO)CC(C)C)NCCCOCC1CCCO1.I. The number of nitrogens with one attached hydrogen (secondary N) is 2. The molecule has 6 nitrogen and oxygen atoms in total. The summed E-state index contributed by atoms with van der Waals surface area (Å²) in [6.45, 7) is 11.5. The highest BCUT2D eigenvalue weighted by molar-refractivity contribution is 14.0. The van der Waals surface area contributed by atoms with Gasteiger partial charge in [0.25, 0.3) is 0 Å². The van der Waals surface area contributed by atoms with E-state index < -0.39 is 0 Å². The second-order valence-corrected chi connectivity index (χ2v) is 7.22. The van der Waals surface area contributed by atoms with Crippen LogP contribution in [-0.4, -0.2) is 63.2 Å². The molecule has 1 aliphatic rings. The van der Waals surface area contributed by atoms with Crippen LogP contribution < -0.4 is 10.6 Å². The van der Waals surface area contributed by atoms with Gasteiger partial charge >= 0.3 is 0 Å². The number of aliphatic hydroxyl groups is 1. The first kappa shape index (κ1) is 25.9. The van der Waals surface area contributed by atoms with Gasteiger partial charge in [-0.2, -0.15) is 0 Å². The van der Waals surface area contributed by atoms with Crippen LogP contribution in [0.1, 0.15) is 52.9 Å². The number of guanidine groups is 1. The van der Waals surface area contributed by atoms with Crippen molar-refractivity contribution in [3.8, 4) is 0 Å². The minimum atomic E-state index is 0. The summed E-state index contributed by atoms with van der Waals surface area (Å²) >= 11 is 0. The molecule has 1 rings (SSSR count). The zero-order chi connectivity index (χ0) is 18.3. The van der Waals surface area contributed by atoms with E-state index in [2.05, 4.69) is 36.4 Å². The van der Waals surface area contributed by atoms with Gasteiger partial charge in [-0.25, -0.2) is 0 Å². The van der Waals surface area contributed by atoms with E-state index >= 15 is 0 Å². The number of hydrogen-bond donors (Lipinski definition) is 3. The lowest BCUT2D eigenvalue weighted by Crippen LogP contribution is -2.38. The lowest BCUT2D eigenvalue weighted by Gasteiger charge is -2.17. The van der Waals surface area contributed by atoms with Gasteiger partial charge in [-0.3, -0.25) is 4.99 Å². The molecule has 0 aromatic carbocycles. The average Bonchev–Trinajstić information content (AvgIpc) is 3.08. The minimum absolute atomic E-state index is 0. The average molecular weight is 485 g/mol. The number of nitrogens with zero attached hydrogens (tertiary/aromatic N) is 1. The van der Waals surface area contributed by atoms with Gasteiger partial charge in [0, 0.05) is 39.5 Å². The van der Waals surface area contributed by atoms with Crippen LogP contribution in [0.15, 0.2) is 4.99 Å². The molecule has 7 heteroatoms. The Morgan fingerprint density at radius 3 is 2.77 bits per heavy atom. The van der Waals surface area contributed by atoms with Crippen LogP contribution in [0.4, 0.5) is 0 Å². The van der Waals surface area contributed by atoms with Gasteiger partial charge in [0.15, 0.2) is 5.96 Å². The summed E-state index contributed by atoms with van der Waals surface area (Å²) < 4.78 is 11.2. The number of rotatable bonds is 13. The Labute approximate surface area is 176 Å². The molecule has 26 heavy (non-hydrogen) atoms. The van der Waals surface area contributed by atoms with E-state index in [1.807, 2.05) is 0 Å². The summed E-state index contributed by atoms with van der Waals surface area (Å²) in [4.78, 5) is 4.69. The maximum absolute atomic E-state index is 9.22. The predicted octanol–water partition coefficient (Wildman–Crippen LogP) is 2.79. The van der Waals surface area contributed by atoms with Crippen LogP contribution in [0, 0.1) is 11.8 Å². The third-order valence-corrected chi connectivity index (χ3v) is 4.28.